The zero-order chi connectivity index (χ0) is 25.1. The van der Waals surface area contributed by atoms with E-state index in [1.165, 1.54) is 6.07 Å². The van der Waals surface area contributed by atoms with Crippen molar-refractivity contribution in [2.24, 2.45) is 0 Å². The van der Waals surface area contributed by atoms with E-state index in [1.807, 2.05) is 31.2 Å². The van der Waals surface area contributed by atoms with Gasteiger partial charge >= 0.3 is 11.4 Å². The van der Waals surface area contributed by atoms with E-state index in [2.05, 4.69) is 25.3 Å². The normalized spacial score (nSPS) is 11.6. The van der Waals surface area contributed by atoms with Crippen molar-refractivity contribution in [1.82, 2.24) is 19.9 Å². The Hall–Kier alpha value is -5.00. The van der Waals surface area contributed by atoms with E-state index in [-0.39, 0.29) is 12.0 Å². The number of nitrogens with two attached hydrogens (primary N) is 1. The van der Waals surface area contributed by atoms with Crippen LogP contribution in [0.5, 0.6) is 0 Å². The Morgan fingerprint density at radius 2 is 1.60 bits per heavy atom. The number of anilines is 2. The summed E-state index contributed by atoms with van der Waals surface area (Å²) in [4.78, 5) is 37.7. The first-order valence-corrected chi connectivity index (χ1v) is 10.4. The van der Waals surface area contributed by atoms with Crippen LogP contribution in [0, 0.1) is 27.2 Å². The van der Waals surface area contributed by atoms with Crippen LogP contribution in [0.15, 0.2) is 60.9 Å². The molecule has 176 valence electrons. The highest BCUT2D eigenvalue weighted by molar-refractivity contribution is 5.70. The molecule has 2 aromatic heterocycles. The molecule has 2 heterocycles. The molecule has 0 spiro atoms. The molecule has 1 atom stereocenters. The highest BCUT2D eigenvalue weighted by Gasteiger charge is 2.25. The number of hydrogen-bond donors (Lipinski definition) is 2. The third kappa shape index (κ3) is 5.16. The van der Waals surface area contributed by atoms with Crippen LogP contribution >= 0.6 is 0 Å². The third-order valence-corrected chi connectivity index (χ3v) is 5.26. The van der Waals surface area contributed by atoms with Crippen LogP contribution < -0.4 is 11.1 Å². The van der Waals surface area contributed by atoms with Gasteiger partial charge in [0.05, 0.1) is 15.5 Å². The van der Waals surface area contributed by atoms with Gasteiger partial charge in [-0.1, -0.05) is 18.2 Å². The molecule has 4 rings (SSSR count). The lowest BCUT2D eigenvalue weighted by molar-refractivity contribution is -0.422. The minimum absolute atomic E-state index is 0.155. The first-order chi connectivity index (χ1) is 16.7. The first-order valence-electron chi connectivity index (χ1n) is 10.4. The quantitative estimate of drug-likeness (QED) is 0.288. The van der Waals surface area contributed by atoms with E-state index in [4.69, 9.17) is 5.73 Å². The Morgan fingerprint density at radius 3 is 2.29 bits per heavy atom. The average Bonchev–Trinajstić information content (AvgIpc) is 2.83. The van der Waals surface area contributed by atoms with Gasteiger partial charge in [-0.15, -0.1) is 0 Å². The maximum absolute atomic E-state index is 11.3. The predicted molar refractivity (Wildman–Crippen MR) is 129 cm³/mol. The summed E-state index contributed by atoms with van der Waals surface area (Å²) in [6, 6.07) is 13.0. The van der Waals surface area contributed by atoms with Crippen molar-refractivity contribution >= 4 is 23.1 Å². The maximum Gasteiger partial charge on any atom is 0.346 e. The van der Waals surface area contributed by atoms with Crippen molar-refractivity contribution in [3.8, 4) is 22.4 Å². The highest BCUT2D eigenvalue weighted by atomic mass is 16.6. The lowest BCUT2D eigenvalue weighted by atomic mass is 10.0. The van der Waals surface area contributed by atoms with Crippen LogP contribution in [0.25, 0.3) is 22.4 Å². The molecule has 0 aliphatic heterocycles. The van der Waals surface area contributed by atoms with E-state index in [0.29, 0.717) is 22.9 Å². The van der Waals surface area contributed by atoms with Crippen molar-refractivity contribution in [2.45, 2.75) is 19.9 Å². The van der Waals surface area contributed by atoms with E-state index < -0.39 is 21.2 Å². The number of nitrogens with one attached hydrogen (secondary N) is 1. The number of nitrogens with zero attached hydrogens (tertiary/aromatic N) is 6. The second kappa shape index (κ2) is 9.47. The first kappa shape index (κ1) is 23.2. The fourth-order valence-corrected chi connectivity index (χ4v) is 3.55. The summed E-state index contributed by atoms with van der Waals surface area (Å²) < 4.78 is 0. The van der Waals surface area contributed by atoms with Gasteiger partial charge in [0.2, 0.25) is 5.95 Å². The van der Waals surface area contributed by atoms with Crippen LogP contribution in [0.4, 0.5) is 23.1 Å². The van der Waals surface area contributed by atoms with E-state index in [9.17, 15) is 20.2 Å². The molecule has 3 N–H and O–H groups in total. The predicted octanol–water partition coefficient (Wildman–Crippen LogP) is 4.48. The zero-order valence-electron chi connectivity index (χ0n) is 18.7. The molecule has 12 heteroatoms. The van der Waals surface area contributed by atoms with Gasteiger partial charge in [-0.05, 0) is 37.1 Å². The minimum atomic E-state index is -0.785. The highest BCUT2D eigenvalue weighted by Crippen LogP contribution is 2.32. The molecule has 0 aliphatic rings. The van der Waals surface area contributed by atoms with Crippen LogP contribution in [0.2, 0.25) is 0 Å². The summed E-state index contributed by atoms with van der Waals surface area (Å²) in [5, 5.41) is 25.8. The van der Waals surface area contributed by atoms with Gasteiger partial charge in [0.1, 0.15) is 11.6 Å². The molecule has 35 heavy (non-hydrogen) atoms. The van der Waals surface area contributed by atoms with Gasteiger partial charge in [-0.25, -0.2) is 19.9 Å². The fraction of sp³-hybridized carbons (Fsp3) is 0.130. The Bertz CT molecular complexity index is 1430. The summed E-state index contributed by atoms with van der Waals surface area (Å²) in [6.07, 6.45) is 3.31. The summed E-state index contributed by atoms with van der Waals surface area (Å²) in [5.74, 6) is 1.14. The zero-order valence-corrected chi connectivity index (χ0v) is 18.7. The monoisotopic (exact) mass is 472 g/mol. The van der Waals surface area contributed by atoms with Gasteiger partial charge in [0.25, 0.3) is 0 Å². The number of aromatic nitrogens is 4. The molecule has 12 nitrogen and oxygen atoms in total. The fourth-order valence-electron chi connectivity index (χ4n) is 3.55. The van der Waals surface area contributed by atoms with Crippen LogP contribution in [0.3, 0.4) is 0 Å². The Kier molecular flexibility index (Phi) is 6.27. The molecule has 0 amide bonds. The molecule has 0 radical (unpaired) electrons. The van der Waals surface area contributed by atoms with E-state index >= 15 is 0 Å². The summed E-state index contributed by atoms with van der Waals surface area (Å²) >= 11 is 0. The lowest BCUT2D eigenvalue weighted by Gasteiger charge is -2.17. The van der Waals surface area contributed by atoms with Gasteiger partial charge < -0.3 is 11.1 Å². The largest absolute Gasteiger partial charge is 0.368 e. The molecule has 1 unspecified atom stereocenters. The van der Waals surface area contributed by atoms with Crippen molar-refractivity contribution in [3.05, 3.63) is 92.5 Å². The third-order valence-electron chi connectivity index (χ3n) is 5.26. The lowest BCUT2D eigenvalue weighted by Crippen LogP contribution is -2.09. The molecular weight excluding hydrogens is 452 g/mol. The number of nitro groups is 2. The van der Waals surface area contributed by atoms with Crippen molar-refractivity contribution in [3.63, 3.8) is 0 Å². The number of aryl methyl sites for hydroxylation is 1. The molecule has 0 saturated carbocycles. The molecule has 0 aliphatic carbocycles. The smallest absolute Gasteiger partial charge is 0.346 e. The van der Waals surface area contributed by atoms with Gasteiger partial charge in [0, 0.05) is 47.8 Å². The van der Waals surface area contributed by atoms with Gasteiger partial charge in [-0.3, -0.25) is 20.2 Å². The Balaban J connectivity index is 1.62. The number of hydrogen-bond acceptors (Lipinski definition) is 10. The summed E-state index contributed by atoms with van der Waals surface area (Å²) in [7, 11) is 0. The second-order valence-electron chi connectivity index (χ2n) is 7.72. The maximum atomic E-state index is 11.3. The standard InChI is InChI=1S/C23H20N8O4/c1-13(15-4-3-5-16(8-15)18-11-25-23(24)26-12-18)27-22-10-19(28-14(2)29-22)17-6-7-20(30(32)33)21(9-17)31(34)35/h3-13H,1-2H3,(H2,24,25,26)(H,27,28,29). The second-order valence-corrected chi connectivity index (χ2v) is 7.72. The Labute approximate surface area is 199 Å². The molecular formula is C23H20N8O4. The molecule has 0 bridgehead atoms. The number of rotatable bonds is 7. The SMILES string of the molecule is Cc1nc(NC(C)c2cccc(-c3cnc(N)nc3)c2)cc(-c2ccc([N+](=O)[O-])c([N+](=O)[O-])c2)n1. The van der Waals surface area contributed by atoms with Crippen LogP contribution in [-0.4, -0.2) is 29.8 Å². The van der Waals surface area contributed by atoms with Crippen molar-refractivity contribution in [2.75, 3.05) is 11.1 Å². The Morgan fingerprint density at radius 1 is 0.886 bits per heavy atom. The van der Waals surface area contributed by atoms with Gasteiger partial charge in [0.15, 0.2) is 0 Å². The van der Waals surface area contributed by atoms with Crippen molar-refractivity contribution < 1.29 is 9.85 Å². The van der Waals surface area contributed by atoms with Crippen LogP contribution in [0.1, 0.15) is 24.4 Å². The average molecular weight is 472 g/mol. The molecule has 0 fully saturated rings. The minimum Gasteiger partial charge on any atom is -0.368 e. The summed E-state index contributed by atoms with van der Waals surface area (Å²) in [5.41, 5.74) is 7.89. The number of benzene rings is 2. The van der Waals surface area contributed by atoms with Crippen molar-refractivity contribution in [1.29, 1.82) is 0 Å². The molecule has 0 saturated heterocycles. The number of nitrogen functional groups attached to an aromatic ring is 1. The number of nitro benzene ring substituents is 2. The topological polar surface area (TPSA) is 176 Å². The van der Waals surface area contributed by atoms with Crippen LogP contribution in [-0.2, 0) is 0 Å². The summed E-state index contributed by atoms with van der Waals surface area (Å²) in [6.45, 7) is 3.66. The molecule has 2 aromatic carbocycles. The van der Waals surface area contributed by atoms with E-state index in [0.717, 1.165) is 28.8 Å². The van der Waals surface area contributed by atoms with Gasteiger partial charge in [-0.2, -0.15) is 0 Å². The molecule has 4 aromatic rings. The van der Waals surface area contributed by atoms with E-state index in [1.54, 1.807) is 25.4 Å².